The van der Waals surface area contributed by atoms with E-state index in [1.807, 2.05) is 12.2 Å². The second kappa shape index (κ2) is 73.9. The van der Waals surface area contributed by atoms with E-state index >= 15 is 0 Å². The van der Waals surface area contributed by atoms with E-state index in [1.165, 1.54) is 70.1 Å². The lowest BCUT2D eigenvalue weighted by molar-refractivity contribution is -0.331. The van der Waals surface area contributed by atoms with Crippen LogP contribution < -0.4 is 75.3 Å². The predicted molar refractivity (Wildman–Crippen MR) is 566 cm³/mol. The fraction of sp³-hybridized carbons (Fsp3) is 0.654. The first kappa shape index (κ1) is 136. The fourth-order valence-electron chi connectivity index (χ4n) is 15.3. The molecule has 0 bridgehead atoms. The van der Waals surface area contributed by atoms with E-state index in [0.29, 0.717) is 18.4 Å². The topological polar surface area (TPSA) is 676 Å². The molecule has 0 aromatic rings. The van der Waals surface area contributed by atoms with Crippen LogP contribution in [0.25, 0.3) is 0 Å². The van der Waals surface area contributed by atoms with Gasteiger partial charge >= 0.3 is 21.6 Å². The Morgan fingerprint density at radius 3 is 1.17 bits per heavy atom. The summed E-state index contributed by atoms with van der Waals surface area (Å²) in [6.07, 6.45) is 25.7. The van der Waals surface area contributed by atoms with Gasteiger partial charge in [-0.25, -0.2) is 9.13 Å². The van der Waals surface area contributed by atoms with E-state index in [0.717, 1.165) is 149 Å². The van der Waals surface area contributed by atoms with Crippen LogP contribution in [0.4, 0.5) is 0 Å². The van der Waals surface area contributed by atoms with Crippen LogP contribution in [0.1, 0.15) is 285 Å². The third-order valence-corrected chi connectivity index (χ3v) is 26.8. The number of allylic oxidation sites excluding steroid dienone is 21. The molecule has 18 unspecified atom stereocenters. The third kappa shape index (κ3) is 60.9. The third-order valence-electron chi connectivity index (χ3n) is 24.2. The second-order valence-electron chi connectivity index (χ2n) is 38.7. The monoisotopic (exact) mass is 2160 g/mol. The molecule has 46 heteroatoms. The van der Waals surface area contributed by atoms with Crippen molar-refractivity contribution in [3.63, 3.8) is 0 Å². The van der Waals surface area contributed by atoms with E-state index in [4.69, 9.17) is 39.5 Å². The summed E-state index contributed by atoms with van der Waals surface area (Å²) in [5, 5.41) is 80.0. The minimum atomic E-state index is -5.98. The summed E-state index contributed by atoms with van der Waals surface area (Å²) in [5.41, 5.74) is 26.0. The number of hydrogen-bond donors (Lipinski definition) is 21. The number of phosphoric ester groups is 2. The number of phosphoric acid groups is 2. The molecule has 0 spiro atoms. The van der Waals surface area contributed by atoms with Gasteiger partial charge in [0.05, 0.1) is 52.5 Å². The number of nitrogens with two attached hydrogens (primary N) is 2. The van der Waals surface area contributed by atoms with Crippen molar-refractivity contribution in [2.75, 3.05) is 59.1 Å². The molecule has 848 valence electrons. The first-order valence-corrected chi connectivity index (χ1v) is 54.3. The number of imide groups is 1. The Morgan fingerprint density at radius 1 is 0.400 bits per heavy atom. The number of aliphatic hydroxyl groups excluding tert-OH is 4. The van der Waals surface area contributed by atoms with Crippen LogP contribution in [0.3, 0.4) is 0 Å². The van der Waals surface area contributed by atoms with Gasteiger partial charge in [0.1, 0.15) is 79.0 Å². The molecule has 0 saturated carbocycles. The Morgan fingerprint density at radius 2 is 0.767 bits per heavy atom. The first-order chi connectivity index (χ1) is 70.6. The number of carbonyl (C=O) groups excluding carboxylic acids is 13. The molecule has 0 aromatic carbocycles. The number of carbonyl (C=O) groups is 14. The molecule has 0 aromatic heterocycles. The van der Waals surface area contributed by atoms with Gasteiger partial charge in [0.25, 0.3) is 0 Å². The normalized spacial score (nSPS) is 20.8. The van der Waals surface area contributed by atoms with Gasteiger partial charge in [0.15, 0.2) is 12.6 Å². The number of nitrogens with one attached hydrogen (secondary N) is 12. The molecule has 0 aliphatic carbocycles. The zero-order valence-electron chi connectivity index (χ0n) is 90.7. The largest absolute Gasteiger partial charge is 0.483 e. The van der Waals surface area contributed by atoms with Crippen molar-refractivity contribution >= 4 is 98.4 Å². The van der Waals surface area contributed by atoms with Gasteiger partial charge in [0, 0.05) is 39.3 Å². The lowest BCUT2D eigenvalue weighted by Crippen LogP contribution is -2.70. The van der Waals surface area contributed by atoms with Crippen LogP contribution in [0.2, 0.25) is 0 Å². The molecule has 2 saturated heterocycles. The van der Waals surface area contributed by atoms with Gasteiger partial charge in [-0.3, -0.25) is 81.5 Å². The lowest BCUT2D eigenvalue weighted by atomic mass is 9.94. The number of unbranched alkanes of at least 4 members (excludes halogenated alkanes) is 1. The summed E-state index contributed by atoms with van der Waals surface area (Å²) in [4.78, 5) is 200. The molecular formula is C104H172N14O30P2. The molecule has 13 amide bonds. The summed E-state index contributed by atoms with van der Waals surface area (Å²) in [6, 6.07) is -11.0. The summed E-state index contributed by atoms with van der Waals surface area (Å²) in [6.45, 7) is 27.1. The standard InChI is InChI=1S/C104H172N14O30P2/c1-64(2)31-21-32-65(3)33-22-34-66(4)35-23-36-67(5)37-24-38-68(6)39-25-40-69(7)41-26-42-70(8)43-27-44-71(9)45-28-46-72(10)47-29-48-73(11)49-30-50-74(12)52-54-142-149(138,139)148-150(140,141)147-104-93(116-80(18)122)97(96(84(63-120)145-104)146-103-92(115-79(17)121)95(131)94(130)83(62-119)144-103)143-78(16)100(134)112-76(14)99(133)118-86(124)56-81(106)55-85(123)117-82(101(135)113-75(13)98(132)114-77(15)102(136)137)51-19-20-53-107-88(126)58-109-90(128)60-111-91(129)61-110-89(127)59-108-87(125)57-105/h31,33,35,37,39,41,43,45,47,49,52,75-78,81-84,92-97,103-104,119-120,130-131H,19-30,32,34,36,38,40,42,44,46,48,50-51,53-63,105-106H2,1-18H3,(H,107,126)(H,108,125)(H,109,128)(H,110,127)(H,111,129)(H,112,134)(H,113,135)(H,114,132)(H,115,121)(H,116,122)(H,117,123)(H,136,137)(H,138,139)(H,140,141)(H,118,124,133). The molecule has 44 nitrogen and oxygen atoms in total. The highest BCUT2D eigenvalue weighted by atomic mass is 31.3. The Hall–Kier alpha value is -10.2. The lowest BCUT2D eigenvalue weighted by Gasteiger charge is -2.49. The maximum absolute atomic E-state index is 14.2. The van der Waals surface area contributed by atoms with Gasteiger partial charge in [0.2, 0.25) is 76.8 Å². The van der Waals surface area contributed by atoms with Crippen LogP contribution in [-0.4, -0.2) is 275 Å². The molecule has 18 atom stereocenters. The van der Waals surface area contributed by atoms with Crippen molar-refractivity contribution in [2.45, 2.75) is 383 Å². The number of aliphatic carboxylic acids is 1. The summed E-state index contributed by atoms with van der Waals surface area (Å²) < 4.78 is 66.5. The van der Waals surface area contributed by atoms with Crippen molar-refractivity contribution < 1.29 is 144 Å². The highest BCUT2D eigenvalue weighted by Crippen LogP contribution is 2.61. The number of carboxylic acid groups (broad SMARTS) is 1. The number of rotatable bonds is 72. The van der Waals surface area contributed by atoms with Crippen molar-refractivity contribution in [1.82, 2.24) is 63.8 Å². The van der Waals surface area contributed by atoms with Crippen LogP contribution in [-0.2, 0) is 109 Å². The minimum absolute atomic E-state index is 0.0415. The van der Waals surface area contributed by atoms with Crippen molar-refractivity contribution in [3.8, 4) is 0 Å². The van der Waals surface area contributed by atoms with E-state index in [1.54, 1.807) is 6.92 Å². The maximum Gasteiger partial charge on any atom is 0.483 e. The van der Waals surface area contributed by atoms with Gasteiger partial charge in [-0.1, -0.05) is 128 Å². The molecule has 2 aliphatic heterocycles. The molecule has 150 heavy (non-hydrogen) atoms. The minimum Gasteiger partial charge on any atom is -0.480 e. The Kier molecular flexibility index (Phi) is 66.9. The van der Waals surface area contributed by atoms with Gasteiger partial charge in [-0.15, -0.1) is 0 Å². The average molecular weight is 2160 g/mol. The molecule has 2 aliphatic rings. The molecule has 23 N–H and O–H groups in total. The predicted octanol–water partition coefficient (Wildman–Crippen LogP) is 7.34. The number of amides is 13. The van der Waals surface area contributed by atoms with Crippen LogP contribution >= 0.6 is 15.6 Å². The Balaban J connectivity index is 2.11. The number of hydrogen-bond acceptors (Lipinski definition) is 29. The van der Waals surface area contributed by atoms with E-state index in [9.17, 15) is 112 Å². The summed E-state index contributed by atoms with van der Waals surface area (Å²) >= 11 is 0. The van der Waals surface area contributed by atoms with Gasteiger partial charge < -0.3 is 124 Å². The van der Waals surface area contributed by atoms with Crippen LogP contribution in [0, 0.1) is 0 Å². The average Bonchev–Trinajstić information content (AvgIpc) is 0.763. The second-order valence-corrected chi connectivity index (χ2v) is 41.7. The molecule has 2 fully saturated rings. The van der Waals surface area contributed by atoms with Crippen LogP contribution in [0.15, 0.2) is 128 Å². The first-order valence-electron chi connectivity index (χ1n) is 51.3. The highest BCUT2D eigenvalue weighted by Gasteiger charge is 2.56. The Bertz CT molecular complexity index is 4850. The van der Waals surface area contributed by atoms with Gasteiger partial charge in [-0.05, 0) is 258 Å². The zero-order valence-corrected chi connectivity index (χ0v) is 92.5. The Labute approximate surface area is 883 Å². The summed E-state index contributed by atoms with van der Waals surface area (Å²) in [7, 11) is -11.6. The molecular weight excluding hydrogens is 1990 g/mol. The molecule has 0 radical (unpaired) electrons. The maximum atomic E-state index is 14.2. The SMILES string of the molecule is CC(=O)NC1C(OC2C(CO)OC(OP(=O)(O)OP(=O)(O)OCC=C(C)CCC=C(C)CCC=C(C)CCC=C(C)CCC=C(C)CCC=C(C)CCC=C(C)CCC=C(C)CCC=C(C)CCC=C(C)CCC=C(C)C)C(NC(C)=O)C2OC(C)C(=O)NC(C)C(=O)NC(=O)CC(N)CC(=O)NC(CCCCNC(=O)CNC(=O)CNC(=O)CNC(=O)CNC(=O)CN)C(=O)NC(C)C(=O)NC(C)C(=O)O)OC(CO)C(O)C1O. The number of ether oxygens (including phenoxy) is 4. The van der Waals surface area contributed by atoms with E-state index < -0.39 is 255 Å². The number of aliphatic hydroxyl groups is 4. The van der Waals surface area contributed by atoms with Crippen molar-refractivity contribution in [2.24, 2.45) is 11.5 Å². The molecule has 2 heterocycles. The fourth-order valence-corrected chi connectivity index (χ4v) is 17.4. The highest BCUT2D eigenvalue weighted by molar-refractivity contribution is 7.61. The quantitative estimate of drug-likeness (QED) is 0.0161. The summed E-state index contributed by atoms with van der Waals surface area (Å²) in [5.74, 6) is -13.0. The smallest absolute Gasteiger partial charge is 0.480 e. The molecule has 2 rings (SSSR count). The van der Waals surface area contributed by atoms with Gasteiger partial charge in [-0.2, -0.15) is 4.31 Å². The zero-order chi connectivity index (χ0) is 113. The van der Waals surface area contributed by atoms with Crippen molar-refractivity contribution in [1.29, 1.82) is 0 Å². The number of carboxylic acids is 1. The van der Waals surface area contributed by atoms with E-state index in [-0.39, 0.29) is 32.4 Å². The van der Waals surface area contributed by atoms with Crippen LogP contribution in [0.5, 0.6) is 0 Å². The van der Waals surface area contributed by atoms with Crippen molar-refractivity contribution in [3.05, 3.63) is 128 Å². The van der Waals surface area contributed by atoms with E-state index in [2.05, 4.69) is 193 Å².